The molecule has 1 aliphatic rings. The number of rotatable bonds is 8. The van der Waals surface area contributed by atoms with Crippen molar-refractivity contribution in [3.8, 4) is 11.5 Å². The quantitative estimate of drug-likeness (QED) is 0.387. The zero-order chi connectivity index (χ0) is 21.6. The number of nitro groups is 1. The van der Waals surface area contributed by atoms with Crippen LogP contribution in [0.25, 0.3) is 0 Å². The smallest absolute Gasteiger partial charge is 0.353 e. The van der Waals surface area contributed by atoms with E-state index in [4.69, 9.17) is 9.47 Å². The van der Waals surface area contributed by atoms with Gasteiger partial charge in [-0.2, -0.15) is 0 Å². The van der Waals surface area contributed by atoms with E-state index >= 15 is 0 Å². The summed E-state index contributed by atoms with van der Waals surface area (Å²) in [7, 11) is 0. The van der Waals surface area contributed by atoms with Crippen LogP contribution in [-0.2, 0) is 6.42 Å². The highest BCUT2D eigenvalue weighted by molar-refractivity contribution is 5.77. The van der Waals surface area contributed by atoms with Crippen molar-refractivity contribution in [2.45, 2.75) is 26.2 Å². The third-order valence-electron chi connectivity index (χ3n) is 4.85. The number of aromatic nitrogens is 2. The van der Waals surface area contributed by atoms with E-state index in [2.05, 4.69) is 27.5 Å². The van der Waals surface area contributed by atoms with Gasteiger partial charge in [0.15, 0.2) is 11.5 Å². The number of ether oxygens (including phenoxy) is 2. The molecule has 2 aromatic carbocycles. The maximum absolute atomic E-state index is 11.8. The molecule has 0 amide bonds. The van der Waals surface area contributed by atoms with E-state index in [9.17, 15) is 10.1 Å². The van der Waals surface area contributed by atoms with Crippen molar-refractivity contribution in [1.29, 1.82) is 0 Å². The van der Waals surface area contributed by atoms with Crippen molar-refractivity contribution < 1.29 is 14.4 Å². The Labute approximate surface area is 179 Å². The normalized spacial score (nSPS) is 12.3. The van der Waals surface area contributed by atoms with E-state index in [1.54, 1.807) is 18.2 Å². The van der Waals surface area contributed by atoms with Gasteiger partial charge in [0.25, 0.3) is 0 Å². The van der Waals surface area contributed by atoms with Crippen LogP contribution >= 0.6 is 0 Å². The van der Waals surface area contributed by atoms with Crippen molar-refractivity contribution >= 4 is 28.7 Å². The highest BCUT2D eigenvalue weighted by Gasteiger charge is 2.24. The lowest BCUT2D eigenvalue weighted by atomic mass is 10.1. The minimum absolute atomic E-state index is 0.0822. The van der Waals surface area contributed by atoms with Crippen LogP contribution in [0.4, 0.5) is 28.7 Å². The van der Waals surface area contributed by atoms with Gasteiger partial charge in [-0.1, -0.05) is 25.5 Å². The fourth-order valence-electron chi connectivity index (χ4n) is 3.26. The van der Waals surface area contributed by atoms with Gasteiger partial charge in [0.1, 0.15) is 19.5 Å². The summed E-state index contributed by atoms with van der Waals surface area (Å²) in [5.41, 5.74) is 2.29. The van der Waals surface area contributed by atoms with Crippen LogP contribution in [0.3, 0.4) is 0 Å². The Balaban J connectivity index is 1.57. The Morgan fingerprint density at radius 2 is 1.61 bits per heavy atom. The van der Waals surface area contributed by atoms with Gasteiger partial charge in [-0.05, 0) is 42.7 Å². The predicted molar refractivity (Wildman–Crippen MR) is 118 cm³/mol. The predicted octanol–water partition coefficient (Wildman–Crippen LogP) is 4.99. The zero-order valence-corrected chi connectivity index (χ0v) is 17.1. The molecule has 0 radical (unpaired) electrons. The number of unbranched alkanes of at least 4 members (excludes halogenated alkanes) is 1. The molecule has 0 saturated carbocycles. The molecule has 0 unspecified atom stereocenters. The molecule has 160 valence electrons. The lowest BCUT2D eigenvalue weighted by Crippen LogP contribution is -2.15. The molecule has 2 N–H and O–H groups in total. The topological polar surface area (TPSA) is 111 Å². The van der Waals surface area contributed by atoms with Crippen molar-refractivity contribution in [2.24, 2.45) is 0 Å². The monoisotopic (exact) mass is 421 g/mol. The maximum Gasteiger partial charge on any atom is 0.353 e. The summed E-state index contributed by atoms with van der Waals surface area (Å²) in [5.74, 6) is 1.41. The SMILES string of the molecule is CCCCc1ccc(Nc2ncnc(Nc3ccc4c(c3)OCCO4)c2[N+](=O)[O-])cc1. The van der Waals surface area contributed by atoms with Crippen molar-refractivity contribution in [1.82, 2.24) is 9.97 Å². The summed E-state index contributed by atoms with van der Waals surface area (Å²) in [6.07, 6.45) is 4.55. The van der Waals surface area contributed by atoms with Crippen LogP contribution in [0, 0.1) is 10.1 Å². The minimum atomic E-state index is -0.502. The Hall–Kier alpha value is -3.88. The second-order valence-electron chi connectivity index (χ2n) is 7.09. The van der Waals surface area contributed by atoms with Crippen LogP contribution in [0.1, 0.15) is 25.3 Å². The summed E-state index contributed by atoms with van der Waals surface area (Å²) in [4.78, 5) is 19.5. The van der Waals surface area contributed by atoms with Crippen molar-refractivity contribution in [3.63, 3.8) is 0 Å². The lowest BCUT2D eigenvalue weighted by molar-refractivity contribution is -0.383. The average Bonchev–Trinajstić information content (AvgIpc) is 2.78. The molecule has 0 aliphatic carbocycles. The largest absolute Gasteiger partial charge is 0.486 e. The molecule has 0 fully saturated rings. The van der Waals surface area contributed by atoms with Gasteiger partial charge in [-0.15, -0.1) is 0 Å². The van der Waals surface area contributed by atoms with Crippen LogP contribution in [0.15, 0.2) is 48.8 Å². The number of anilines is 4. The molecular weight excluding hydrogens is 398 g/mol. The molecule has 1 aromatic heterocycles. The first kappa shape index (κ1) is 20.4. The number of fused-ring (bicyclic) bond motifs is 1. The number of hydrogen-bond acceptors (Lipinski definition) is 8. The second kappa shape index (κ2) is 9.29. The Kier molecular flexibility index (Phi) is 6.11. The highest BCUT2D eigenvalue weighted by Crippen LogP contribution is 2.36. The fourth-order valence-corrected chi connectivity index (χ4v) is 3.26. The zero-order valence-electron chi connectivity index (χ0n) is 17.1. The molecular formula is C22H23N5O4. The third kappa shape index (κ3) is 4.82. The summed E-state index contributed by atoms with van der Waals surface area (Å²) in [5, 5.41) is 17.9. The number of aryl methyl sites for hydroxylation is 1. The van der Waals surface area contributed by atoms with Gasteiger partial charge < -0.3 is 20.1 Å². The molecule has 3 aromatic rings. The molecule has 0 saturated heterocycles. The molecule has 31 heavy (non-hydrogen) atoms. The first-order valence-corrected chi connectivity index (χ1v) is 10.2. The van der Waals surface area contributed by atoms with E-state index in [-0.39, 0.29) is 17.3 Å². The highest BCUT2D eigenvalue weighted by atomic mass is 16.6. The minimum Gasteiger partial charge on any atom is -0.486 e. The van der Waals surface area contributed by atoms with Gasteiger partial charge in [0.05, 0.1) is 4.92 Å². The third-order valence-corrected chi connectivity index (χ3v) is 4.85. The van der Waals surface area contributed by atoms with E-state index in [0.29, 0.717) is 36.1 Å². The van der Waals surface area contributed by atoms with Crippen LogP contribution in [0.2, 0.25) is 0 Å². The van der Waals surface area contributed by atoms with Crippen LogP contribution in [0.5, 0.6) is 11.5 Å². The second-order valence-corrected chi connectivity index (χ2v) is 7.09. The molecule has 0 bridgehead atoms. The molecule has 0 atom stereocenters. The number of hydrogen-bond donors (Lipinski definition) is 2. The molecule has 2 heterocycles. The summed E-state index contributed by atoms with van der Waals surface area (Å²) >= 11 is 0. The maximum atomic E-state index is 11.8. The number of nitrogens with zero attached hydrogens (tertiary/aromatic N) is 3. The van der Waals surface area contributed by atoms with Crippen LogP contribution < -0.4 is 20.1 Å². The summed E-state index contributed by atoms with van der Waals surface area (Å²) in [6.45, 7) is 3.10. The Bertz CT molecular complexity index is 1070. The number of nitrogens with one attached hydrogen (secondary N) is 2. The fraction of sp³-hybridized carbons (Fsp3) is 0.273. The Morgan fingerprint density at radius 3 is 2.29 bits per heavy atom. The van der Waals surface area contributed by atoms with Crippen LogP contribution in [-0.4, -0.2) is 28.1 Å². The summed E-state index contributed by atoms with van der Waals surface area (Å²) < 4.78 is 11.1. The van der Waals surface area contributed by atoms with E-state index in [1.807, 2.05) is 24.3 Å². The van der Waals surface area contributed by atoms with Crippen molar-refractivity contribution in [2.75, 3.05) is 23.8 Å². The summed E-state index contributed by atoms with van der Waals surface area (Å²) in [6, 6.07) is 13.0. The first-order chi connectivity index (χ1) is 15.1. The molecule has 0 spiro atoms. The van der Waals surface area contributed by atoms with Gasteiger partial charge in [-0.3, -0.25) is 10.1 Å². The molecule has 9 heteroatoms. The lowest BCUT2D eigenvalue weighted by Gasteiger charge is -2.19. The van der Waals surface area contributed by atoms with E-state index in [1.165, 1.54) is 11.9 Å². The van der Waals surface area contributed by atoms with E-state index in [0.717, 1.165) is 19.3 Å². The molecule has 4 rings (SSSR count). The van der Waals surface area contributed by atoms with Crippen molar-refractivity contribution in [3.05, 3.63) is 64.5 Å². The van der Waals surface area contributed by atoms with E-state index < -0.39 is 4.92 Å². The number of benzene rings is 2. The Morgan fingerprint density at radius 1 is 0.968 bits per heavy atom. The standard InChI is InChI=1S/C22H23N5O4/c1-2-3-4-15-5-7-16(8-6-15)25-21-20(27(28)29)22(24-14-23-21)26-17-9-10-18-19(13-17)31-12-11-30-18/h5-10,13-14H,2-4,11-12H2,1H3,(H2,23,24,25,26). The van der Waals surface area contributed by atoms with Gasteiger partial charge >= 0.3 is 5.69 Å². The molecule has 9 nitrogen and oxygen atoms in total. The van der Waals surface area contributed by atoms with Gasteiger partial charge in [0.2, 0.25) is 11.6 Å². The molecule has 1 aliphatic heterocycles. The first-order valence-electron chi connectivity index (χ1n) is 10.2. The van der Waals surface area contributed by atoms with Gasteiger partial charge in [-0.25, -0.2) is 9.97 Å². The average molecular weight is 421 g/mol. The van der Waals surface area contributed by atoms with Gasteiger partial charge in [0, 0.05) is 17.4 Å².